The fraction of sp³-hybridized carbons (Fsp3) is 0.133. The third kappa shape index (κ3) is 3.56. The van der Waals surface area contributed by atoms with E-state index in [-0.39, 0.29) is 5.69 Å². The first-order valence-corrected chi connectivity index (χ1v) is 7.56. The van der Waals surface area contributed by atoms with Crippen LogP contribution >= 0.6 is 15.9 Å². The van der Waals surface area contributed by atoms with Crippen molar-refractivity contribution < 1.29 is 17.9 Å². The summed E-state index contributed by atoms with van der Waals surface area (Å²) in [5.74, 6) is -0.684. The summed E-state index contributed by atoms with van der Waals surface area (Å²) in [7, 11) is 0. The molecule has 0 aliphatic heterocycles. The van der Waals surface area contributed by atoms with E-state index in [1.807, 2.05) is 30.3 Å². The van der Waals surface area contributed by atoms with Crippen LogP contribution in [0.4, 0.5) is 13.2 Å². The zero-order valence-electron chi connectivity index (χ0n) is 12.0. The van der Waals surface area contributed by atoms with Crippen molar-refractivity contribution >= 4 is 15.9 Å². The zero-order valence-corrected chi connectivity index (χ0v) is 13.6. The summed E-state index contributed by atoms with van der Waals surface area (Å²) in [4.78, 5) is 0. The summed E-state index contributed by atoms with van der Waals surface area (Å²) in [6.45, 7) is 0.345. The molecule has 0 N–H and O–H groups in total. The first kappa shape index (κ1) is 16.4. The van der Waals surface area contributed by atoms with Crippen molar-refractivity contribution in [3.8, 4) is 11.4 Å². The van der Waals surface area contributed by atoms with Crippen molar-refractivity contribution in [2.45, 2.75) is 12.8 Å². The molecule has 9 heteroatoms. The summed E-state index contributed by atoms with van der Waals surface area (Å²) in [6.07, 6.45) is -4.64. The Morgan fingerprint density at radius 1 is 1.08 bits per heavy atom. The molecule has 124 valence electrons. The number of hydrogen-bond donors (Lipinski definition) is 0. The molecule has 0 unspecified atom stereocenters. The van der Waals surface area contributed by atoms with E-state index in [1.165, 1.54) is 12.1 Å². The summed E-state index contributed by atoms with van der Waals surface area (Å²) in [5.41, 5.74) is 1.15. The minimum Gasteiger partial charge on any atom is -0.488 e. The fourth-order valence-corrected chi connectivity index (χ4v) is 2.49. The van der Waals surface area contributed by atoms with Gasteiger partial charge in [-0.1, -0.05) is 30.3 Å². The Balaban J connectivity index is 1.82. The van der Waals surface area contributed by atoms with E-state index in [4.69, 9.17) is 4.74 Å². The highest BCUT2D eigenvalue weighted by Gasteiger charge is 2.38. The lowest BCUT2D eigenvalue weighted by atomic mass is 10.2. The number of halogens is 4. The highest BCUT2D eigenvalue weighted by Crippen LogP contribution is 2.31. The lowest BCUT2D eigenvalue weighted by molar-refractivity contribution is -0.146. The second-order valence-electron chi connectivity index (χ2n) is 4.80. The van der Waals surface area contributed by atoms with Crippen LogP contribution in [0.25, 0.3) is 5.69 Å². The van der Waals surface area contributed by atoms with E-state index >= 15 is 0 Å². The van der Waals surface area contributed by atoms with Crippen molar-refractivity contribution in [1.82, 2.24) is 20.2 Å². The number of ether oxygens (including phenoxy) is 1. The zero-order chi connectivity index (χ0) is 17.2. The maximum atomic E-state index is 12.9. The van der Waals surface area contributed by atoms with Gasteiger partial charge in [-0.05, 0) is 50.1 Å². The minimum absolute atomic E-state index is 0.172. The van der Waals surface area contributed by atoms with Gasteiger partial charge in [0.15, 0.2) is 0 Å². The molecule has 0 saturated heterocycles. The van der Waals surface area contributed by atoms with Crippen LogP contribution in [0.5, 0.6) is 5.75 Å². The van der Waals surface area contributed by atoms with Crippen molar-refractivity contribution in [3.63, 3.8) is 0 Å². The third-order valence-corrected chi connectivity index (χ3v) is 3.74. The van der Waals surface area contributed by atoms with Crippen molar-refractivity contribution in [2.75, 3.05) is 0 Å². The average molecular weight is 399 g/mol. The van der Waals surface area contributed by atoms with E-state index in [9.17, 15) is 13.2 Å². The number of benzene rings is 2. The van der Waals surface area contributed by atoms with Gasteiger partial charge in [-0.3, -0.25) is 0 Å². The third-order valence-electron chi connectivity index (χ3n) is 3.12. The van der Waals surface area contributed by atoms with Crippen LogP contribution in [0.15, 0.2) is 53.0 Å². The summed E-state index contributed by atoms with van der Waals surface area (Å²) in [5, 5.41) is 9.50. The first-order chi connectivity index (χ1) is 11.4. The number of rotatable bonds is 4. The van der Waals surface area contributed by atoms with Crippen LogP contribution < -0.4 is 4.74 Å². The smallest absolute Gasteiger partial charge is 0.453 e. The fourth-order valence-electron chi connectivity index (χ4n) is 2.01. The van der Waals surface area contributed by atoms with Crippen LogP contribution in [-0.4, -0.2) is 20.2 Å². The molecule has 0 aliphatic rings. The van der Waals surface area contributed by atoms with Gasteiger partial charge in [0.1, 0.15) is 12.4 Å². The van der Waals surface area contributed by atoms with Gasteiger partial charge in [0.25, 0.3) is 5.82 Å². The standard InChI is InChI=1S/C15H10BrF3N4O/c16-12-8-11(23-14(15(17,18)19)20-21-22-23)6-7-13(12)24-9-10-4-2-1-3-5-10/h1-8H,9H2. The summed E-state index contributed by atoms with van der Waals surface area (Å²) < 4.78 is 45.4. The lowest BCUT2D eigenvalue weighted by Gasteiger charge is -2.11. The molecule has 0 amide bonds. The van der Waals surface area contributed by atoms with Gasteiger partial charge in [-0.2, -0.15) is 17.9 Å². The van der Waals surface area contributed by atoms with Gasteiger partial charge in [-0.15, -0.1) is 5.10 Å². The molecule has 0 spiro atoms. The average Bonchev–Trinajstić information content (AvgIpc) is 3.04. The highest BCUT2D eigenvalue weighted by atomic mass is 79.9. The summed E-state index contributed by atoms with van der Waals surface area (Å²) in [6, 6.07) is 14.0. The van der Waals surface area contributed by atoms with Crippen LogP contribution in [0, 0.1) is 0 Å². The van der Waals surface area contributed by atoms with E-state index in [1.54, 1.807) is 6.07 Å². The Kier molecular flexibility index (Phi) is 4.52. The van der Waals surface area contributed by atoms with Crippen LogP contribution in [0.2, 0.25) is 0 Å². The predicted molar refractivity (Wildman–Crippen MR) is 82.6 cm³/mol. The van der Waals surface area contributed by atoms with Gasteiger partial charge in [0.2, 0.25) is 0 Å². The molecule has 2 aromatic carbocycles. The van der Waals surface area contributed by atoms with Crippen LogP contribution in [0.1, 0.15) is 11.4 Å². The monoisotopic (exact) mass is 398 g/mol. The molecule has 1 aromatic heterocycles. The van der Waals surface area contributed by atoms with E-state index in [0.717, 1.165) is 5.56 Å². The van der Waals surface area contributed by atoms with E-state index < -0.39 is 12.0 Å². The molecule has 0 fully saturated rings. The second-order valence-corrected chi connectivity index (χ2v) is 5.66. The molecule has 0 bridgehead atoms. The molecule has 0 aliphatic carbocycles. The molecule has 0 radical (unpaired) electrons. The molecular weight excluding hydrogens is 389 g/mol. The Morgan fingerprint density at radius 2 is 1.83 bits per heavy atom. The Labute approximate surface area is 143 Å². The second kappa shape index (κ2) is 6.60. The largest absolute Gasteiger partial charge is 0.488 e. The number of aromatic nitrogens is 4. The molecule has 1 heterocycles. The Hall–Kier alpha value is -2.42. The molecular formula is C15H10BrF3N4O. The minimum atomic E-state index is -4.64. The number of tetrazole rings is 1. The molecule has 24 heavy (non-hydrogen) atoms. The van der Waals surface area contributed by atoms with Crippen LogP contribution in [0.3, 0.4) is 0 Å². The molecule has 0 saturated carbocycles. The Bertz CT molecular complexity index is 836. The SMILES string of the molecule is FC(F)(F)c1nnnn1-c1ccc(OCc2ccccc2)c(Br)c1. The van der Waals surface area contributed by atoms with Gasteiger partial charge >= 0.3 is 6.18 Å². The van der Waals surface area contributed by atoms with Gasteiger partial charge < -0.3 is 4.74 Å². The van der Waals surface area contributed by atoms with E-state index in [0.29, 0.717) is 21.5 Å². The predicted octanol–water partition coefficient (Wildman–Crippen LogP) is 4.02. The normalized spacial score (nSPS) is 11.5. The molecule has 0 atom stereocenters. The number of hydrogen-bond acceptors (Lipinski definition) is 4. The Morgan fingerprint density at radius 3 is 2.50 bits per heavy atom. The van der Waals surface area contributed by atoms with E-state index in [2.05, 4.69) is 31.5 Å². The van der Waals surface area contributed by atoms with Gasteiger partial charge in [0.05, 0.1) is 10.2 Å². The topological polar surface area (TPSA) is 52.8 Å². The lowest BCUT2D eigenvalue weighted by Crippen LogP contribution is -2.14. The quantitative estimate of drug-likeness (QED) is 0.665. The molecule has 3 aromatic rings. The first-order valence-electron chi connectivity index (χ1n) is 6.77. The number of nitrogens with zero attached hydrogens (tertiary/aromatic N) is 4. The van der Waals surface area contributed by atoms with Crippen LogP contribution in [-0.2, 0) is 12.8 Å². The van der Waals surface area contributed by atoms with Gasteiger partial charge in [-0.25, -0.2) is 0 Å². The molecule has 5 nitrogen and oxygen atoms in total. The van der Waals surface area contributed by atoms with Crippen molar-refractivity contribution in [1.29, 1.82) is 0 Å². The number of alkyl halides is 3. The van der Waals surface area contributed by atoms with Crippen molar-refractivity contribution in [2.24, 2.45) is 0 Å². The summed E-state index contributed by atoms with van der Waals surface area (Å²) >= 11 is 3.29. The molecule has 3 rings (SSSR count). The maximum absolute atomic E-state index is 12.9. The van der Waals surface area contributed by atoms with Crippen molar-refractivity contribution in [3.05, 3.63) is 64.4 Å². The maximum Gasteiger partial charge on any atom is 0.453 e. The highest BCUT2D eigenvalue weighted by molar-refractivity contribution is 9.10. The van der Waals surface area contributed by atoms with Gasteiger partial charge in [0, 0.05) is 0 Å².